The molecule has 102 valence electrons. The Morgan fingerprint density at radius 2 is 1.83 bits per heavy atom. The SMILES string of the molecule is CC(C)(C)C(CCl)CCCOCc1ccccc1. The lowest BCUT2D eigenvalue weighted by Crippen LogP contribution is -2.22. The van der Waals surface area contributed by atoms with Crippen LogP contribution in [0.4, 0.5) is 0 Å². The number of halogens is 1. The van der Waals surface area contributed by atoms with E-state index in [-0.39, 0.29) is 0 Å². The average molecular weight is 269 g/mol. The van der Waals surface area contributed by atoms with E-state index in [0.717, 1.165) is 25.3 Å². The molecule has 0 radical (unpaired) electrons. The second kappa shape index (κ2) is 7.81. The first kappa shape index (κ1) is 15.5. The number of hydrogen-bond acceptors (Lipinski definition) is 1. The van der Waals surface area contributed by atoms with Crippen LogP contribution < -0.4 is 0 Å². The summed E-state index contributed by atoms with van der Waals surface area (Å²) in [6, 6.07) is 10.3. The number of ether oxygens (including phenoxy) is 1. The van der Waals surface area contributed by atoms with Crippen molar-refractivity contribution in [2.45, 2.75) is 40.2 Å². The number of rotatable bonds is 7. The maximum absolute atomic E-state index is 6.02. The fourth-order valence-electron chi connectivity index (χ4n) is 1.94. The summed E-state index contributed by atoms with van der Waals surface area (Å²) in [6.45, 7) is 8.29. The van der Waals surface area contributed by atoms with E-state index in [2.05, 4.69) is 32.9 Å². The van der Waals surface area contributed by atoms with Gasteiger partial charge in [0.25, 0.3) is 0 Å². The van der Waals surface area contributed by atoms with Gasteiger partial charge in [0.2, 0.25) is 0 Å². The van der Waals surface area contributed by atoms with Crippen LogP contribution in [0.5, 0.6) is 0 Å². The standard InChI is InChI=1S/C16H25ClO/c1-16(2,3)15(12-17)10-7-11-18-13-14-8-5-4-6-9-14/h4-6,8-9,15H,7,10-13H2,1-3H3. The number of hydrogen-bond donors (Lipinski definition) is 0. The summed E-state index contributed by atoms with van der Waals surface area (Å²) >= 11 is 6.02. The summed E-state index contributed by atoms with van der Waals surface area (Å²) in [5.74, 6) is 1.31. The van der Waals surface area contributed by atoms with Gasteiger partial charge in [-0.1, -0.05) is 51.1 Å². The minimum atomic E-state index is 0.293. The Balaban J connectivity index is 2.15. The minimum Gasteiger partial charge on any atom is -0.377 e. The van der Waals surface area contributed by atoms with Gasteiger partial charge in [0, 0.05) is 12.5 Å². The number of alkyl halides is 1. The predicted molar refractivity (Wildman–Crippen MR) is 79.0 cm³/mol. The van der Waals surface area contributed by atoms with Crippen LogP contribution in [0.25, 0.3) is 0 Å². The summed E-state index contributed by atoms with van der Waals surface area (Å²) in [4.78, 5) is 0. The molecule has 0 heterocycles. The molecular weight excluding hydrogens is 244 g/mol. The first-order chi connectivity index (χ1) is 8.54. The third kappa shape index (κ3) is 5.88. The van der Waals surface area contributed by atoms with Crippen LogP contribution in [0.15, 0.2) is 30.3 Å². The van der Waals surface area contributed by atoms with Crippen LogP contribution >= 0.6 is 11.6 Å². The molecule has 0 aliphatic rings. The van der Waals surface area contributed by atoms with E-state index >= 15 is 0 Å². The van der Waals surface area contributed by atoms with Crippen LogP contribution in [-0.2, 0) is 11.3 Å². The Morgan fingerprint density at radius 1 is 1.17 bits per heavy atom. The van der Waals surface area contributed by atoms with Crippen molar-refractivity contribution in [2.24, 2.45) is 11.3 Å². The maximum atomic E-state index is 6.02. The zero-order valence-corrected chi connectivity index (χ0v) is 12.5. The second-order valence-electron chi connectivity index (χ2n) is 5.90. The molecule has 0 aliphatic carbocycles. The monoisotopic (exact) mass is 268 g/mol. The normalized spacial score (nSPS) is 13.6. The molecule has 1 atom stereocenters. The molecular formula is C16H25ClO. The van der Waals surface area contributed by atoms with Gasteiger partial charge < -0.3 is 4.74 Å². The molecule has 0 N–H and O–H groups in total. The molecule has 1 unspecified atom stereocenters. The van der Waals surface area contributed by atoms with Gasteiger partial charge in [0.05, 0.1) is 6.61 Å². The van der Waals surface area contributed by atoms with Crippen LogP contribution in [0.1, 0.15) is 39.2 Å². The third-order valence-electron chi connectivity index (χ3n) is 3.36. The van der Waals surface area contributed by atoms with E-state index in [1.165, 1.54) is 5.56 Å². The molecule has 1 aromatic rings. The summed E-state index contributed by atoms with van der Waals surface area (Å²) in [5, 5.41) is 0. The number of benzene rings is 1. The molecule has 0 saturated heterocycles. The molecule has 18 heavy (non-hydrogen) atoms. The first-order valence-corrected chi connectivity index (χ1v) is 7.25. The van der Waals surface area contributed by atoms with Crippen molar-refractivity contribution in [3.8, 4) is 0 Å². The fourth-order valence-corrected chi connectivity index (χ4v) is 2.55. The topological polar surface area (TPSA) is 9.23 Å². The Hall–Kier alpha value is -0.530. The fraction of sp³-hybridized carbons (Fsp3) is 0.625. The van der Waals surface area contributed by atoms with Crippen molar-refractivity contribution in [3.05, 3.63) is 35.9 Å². The van der Waals surface area contributed by atoms with Crippen LogP contribution in [0, 0.1) is 11.3 Å². The van der Waals surface area contributed by atoms with Gasteiger partial charge in [-0.25, -0.2) is 0 Å². The molecule has 2 heteroatoms. The lowest BCUT2D eigenvalue weighted by atomic mass is 9.79. The molecule has 1 rings (SSSR count). The van der Waals surface area contributed by atoms with Gasteiger partial charge in [0.1, 0.15) is 0 Å². The molecule has 0 spiro atoms. The maximum Gasteiger partial charge on any atom is 0.0716 e. The highest BCUT2D eigenvalue weighted by molar-refractivity contribution is 6.18. The smallest absolute Gasteiger partial charge is 0.0716 e. The molecule has 1 aromatic carbocycles. The van der Waals surface area contributed by atoms with Gasteiger partial charge in [-0.05, 0) is 29.7 Å². The van der Waals surface area contributed by atoms with E-state index in [1.54, 1.807) is 0 Å². The molecule has 0 aromatic heterocycles. The van der Waals surface area contributed by atoms with E-state index in [4.69, 9.17) is 16.3 Å². The Kier molecular flexibility index (Phi) is 6.73. The summed E-state index contributed by atoms with van der Waals surface area (Å²) in [5.41, 5.74) is 1.53. The zero-order chi connectivity index (χ0) is 13.4. The Bertz CT molecular complexity index is 316. The molecule has 0 amide bonds. The Labute approximate surface area is 116 Å². The third-order valence-corrected chi connectivity index (χ3v) is 3.74. The Morgan fingerprint density at radius 3 is 2.39 bits per heavy atom. The van der Waals surface area contributed by atoms with Crippen LogP contribution in [0.3, 0.4) is 0 Å². The van der Waals surface area contributed by atoms with Crippen molar-refractivity contribution in [1.82, 2.24) is 0 Å². The summed E-state index contributed by atoms with van der Waals surface area (Å²) < 4.78 is 5.68. The van der Waals surface area contributed by atoms with Crippen LogP contribution in [-0.4, -0.2) is 12.5 Å². The van der Waals surface area contributed by atoms with Crippen molar-refractivity contribution < 1.29 is 4.74 Å². The van der Waals surface area contributed by atoms with E-state index < -0.39 is 0 Å². The van der Waals surface area contributed by atoms with Gasteiger partial charge in [-0.2, -0.15) is 0 Å². The molecule has 1 nitrogen and oxygen atoms in total. The first-order valence-electron chi connectivity index (χ1n) is 6.71. The predicted octanol–water partition coefficient (Wildman–Crippen LogP) is 4.88. The van der Waals surface area contributed by atoms with Crippen molar-refractivity contribution in [2.75, 3.05) is 12.5 Å². The lowest BCUT2D eigenvalue weighted by Gasteiger charge is -2.28. The van der Waals surface area contributed by atoms with E-state index in [0.29, 0.717) is 17.9 Å². The van der Waals surface area contributed by atoms with Crippen LogP contribution in [0.2, 0.25) is 0 Å². The van der Waals surface area contributed by atoms with Gasteiger partial charge >= 0.3 is 0 Å². The van der Waals surface area contributed by atoms with Gasteiger partial charge in [-0.3, -0.25) is 0 Å². The van der Waals surface area contributed by atoms with E-state index in [9.17, 15) is 0 Å². The molecule has 0 aliphatic heterocycles. The average Bonchev–Trinajstić information content (AvgIpc) is 2.33. The minimum absolute atomic E-state index is 0.293. The quantitative estimate of drug-likeness (QED) is 0.506. The highest BCUT2D eigenvalue weighted by atomic mass is 35.5. The largest absolute Gasteiger partial charge is 0.377 e. The molecule has 0 fully saturated rings. The zero-order valence-electron chi connectivity index (χ0n) is 11.8. The molecule has 0 saturated carbocycles. The summed E-state index contributed by atoms with van der Waals surface area (Å²) in [6.07, 6.45) is 2.23. The van der Waals surface area contributed by atoms with Crippen molar-refractivity contribution >= 4 is 11.6 Å². The highest BCUT2D eigenvalue weighted by Gasteiger charge is 2.22. The van der Waals surface area contributed by atoms with Crippen molar-refractivity contribution in [1.29, 1.82) is 0 Å². The lowest BCUT2D eigenvalue weighted by molar-refractivity contribution is 0.108. The molecule has 0 bridgehead atoms. The van der Waals surface area contributed by atoms with Crippen molar-refractivity contribution in [3.63, 3.8) is 0 Å². The van der Waals surface area contributed by atoms with Gasteiger partial charge in [0.15, 0.2) is 0 Å². The van der Waals surface area contributed by atoms with Gasteiger partial charge in [-0.15, -0.1) is 11.6 Å². The highest BCUT2D eigenvalue weighted by Crippen LogP contribution is 2.30. The second-order valence-corrected chi connectivity index (χ2v) is 6.21. The van der Waals surface area contributed by atoms with E-state index in [1.807, 2.05) is 18.2 Å². The summed E-state index contributed by atoms with van der Waals surface area (Å²) in [7, 11) is 0.